The summed E-state index contributed by atoms with van der Waals surface area (Å²) in [4.78, 5) is 27.0. The summed E-state index contributed by atoms with van der Waals surface area (Å²) in [6, 6.07) is 10.9. The van der Waals surface area contributed by atoms with Crippen LogP contribution >= 0.6 is 11.6 Å². The number of hydrogen-bond acceptors (Lipinski definition) is 4. The molecular weight excluding hydrogens is 447 g/mol. The van der Waals surface area contributed by atoms with Crippen LogP contribution in [0.4, 0.5) is 13.2 Å². The number of ether oxygens (including phenoxy) is 2. The van der Waals surface area contributed by atoms with E-state index in [9.17, 15) is 22.8 Å². The van der Waals surface area contributed by atoms with Crippen molar-refractivity contribution in [3.05, 3.63) is 64.7 Å². The van der Waals surface area contributed by atoms with Gasteiger partial charge in [0.25, 0.3) is 5.91 Å². The molecule has 0 unspecified atom stereocenters. The first-order valence-corrected chi connectivity index (χ1v) is 10.6. The lowest BCUT2D eigenvalue weighted by Crippen LogP contribution is -2.41. The van der Waals surface area contributed by atoms with Crippen molar-refractivity contribution in [3.8, 4) is 5.75 Å². The number of esters is 1. The molecule has 9 heteroatoms. The number of halogens is 4. The van der Waals surface area contributed by atoms with Gasteiger partial charge in [0.2, 0.25) is 0 Å². The van der Waals surface area contributed by atoms with E-state index in [1.165, 1.54) is 19.1 Å². The van der Waals surface area contributed by atoms with Crippen molar-refractivity contribution < 1.29 is 32.2 Å². The van der Waals surface area contributed by atoms with Crippen molar-refractivity contribution in [1.82, 2.24) is 4.90 Å². The standard InChI is InChI=1S/C23H23ClF3NO4/c1-15(21(29)28-11-2-3-12-28)31-22(30)20(13-16-7-9-18(24)10-8-16)32-19-6-4-5-17(14-19)23(25,26)27/h4-10,14-15,20H,2-3,11-13H2,1H3/t15-,20+/m0/s1. The normalized spacial score (nSPS) is 15.8. The summed E-state index contributed by atoms with van der Waals surface area (Å²) in [7, 11) is 0. The van der Waals surface area contributed by atoms with Crippen molar-refractivity contribution in [2.24, 2.45) is 0 Å². The molecule has 0 radical (unpaired) electrons. The molecule has 0 N–H and O–H groups in total. The monoisotopic (exact) mass is 469 g/mol. The summed E-state index contributed by atoms with van der Waals surface area (Å²) in [6.45, 7) is 2.69. The number of benzene rings is 2. The molecule has 1 amide bonds. The Balaban J connectivity index is 1.77. The van der Waals surface area contributed by atoms with Gasteiger partial charge >= 0.3 is 12.1 Å². The molecule has 5 nitrogen and oxygen atoms in total. The lowest BCUT2D eigenvalue weighted by Gasteiger charge is -2.23. The second-order valence-electron chi connectivity index (χ2n) is 7.57. The van der Waals surface area contributed by atoms with Gasteiger partial charge in [-0.2, -0.15) is 13.2 Å². The van der Waals surface area contributed by atoms with E-state index in [1.54, 1.807) is 29.2 Å². The maximum Gasteiger partial charge on any atom is 0.416 e. The molecule has 172 valence electrons. The molecule has 1 aliphatic heterocycles. The van der Waals surface area contributed by atoms with Crippen LogP contribution in [0.2, 0.25) is 5.02 Å². The molecule has 1 aliphatic rings. The summed E-state index contributed by atoms with van der Waals surface area (Å²) in [5, 5.41) is 0.497. The minimum atomic E-state index is -4.55. The van der Waals surface area contributed by atoms with Crippen molar-refractivity contribution >= 4 is 23.5 Å². The lowest BCUT2D eigenvalue weighted by molar-refractivity contribution is -0.164. The molecular formula is C23H23ClF3NO4. The fourth-order valence-electron chi connectivity index (χ4n) is 3.41. The van der Waals surface area contributed by atoms with E-state index in [4.69, 9.17) is 21.1 Å². The Morgan fingerprint density at radius 3 is 2.38 bits per heavy atom. The molecule has 3 rings (SSSR count). The third kappa shape index (κ3) is 6.38. The van der Waals surface area contributed by atoms with Gasteiger partial charge in [-0.3, -0.25) is 4.79 Å². The number of alkyl halides is 3. The molecule has 32 heavy (non-hydrogen) atoms. The highest BCUT2D eigenvalue weighted by Crippen LogP contribution is 2.31. The highest BCUT2D eigenvalue weighted by Gasteiger charge is 2.33. The van der Waals surface area contributed by atoms with E-state index in [1.807, 2.05) is 0 Å². The molecule has 0 aromatic heterocycles. The number of hydrogen-bond donors (Lipinski definition) is 0. The summed E-state index contributed by atoms with van der Waals surface area (Å²) >= 11 is 5.89. The molecule has 1 saturated heterocycles. The van der Waals surface area contributed by atoms with Crippen LogP contribution in [0.5, 0.6) is 5.75 Å². The number of nitrogens with zero attached hydrogens (tertiary/aromatic N) is 1. The summed E-state index contributed by atoms with van der Waals surface area (Å²) in [5.74, 6) is -1.27. The molecule has 1 fully saturated rings. The average Bonchev–Trinajstić information content (AvgIpc) is 3.28. The Bertz CT molecular complexity index is 943. The van der Waals surface area contributed by atoms with Crippen LogP contribution in [0.25, 0.3) is 0 Å². The van der Waals surface area contributed by atoms with Crippen LogP contribution in [0.15, 0.2) is 48.5 Å². The van der Waals surface area contributed by atoms with Crippen LogP contribution in [-0.2, 0) is 26.9 Å². The number of likely N-dealkylation sites (tertiary alicyclic amines) is 1. The van der Waals surface area contributed by atoms with Crippen molar-refractivity contribution in [2.75, 3.05) is 13.1 Å². The van der Waals surface area contributed by atoms with E-state index < -0.39 is 29.9 Å². The molecule has 2 aromatic rings. The molecule has 0 aliphatic carbocycles. The van der Waals surface area contributed by atoms with E-state index in [0.717, 1.165) is 25.0 Å². The van der Waals surface area contributed by atoms with Gasteiger partial charge in [0.1, 0.15) is 5.75 Å². The molecule has 1 heterocycles. The second kappa shape index (κ2) is 10.3. The zero-order valence-corrected chi connectivity index (χ0v) is 18.2. The summed E-state index contributed by atoms with van der Waals surface area (Å²) < 4.78 is 50.1. The molecule has 0 spiro atoms. The van der Waals surface area contributed by atoms with Gasteiger partial charge < -0.3 is 14.4 Å². The van der Waals surface area contributed by atoms with Gasteiger partial charge in [0.05, 0.1) is 5.56 Å². The van der Waals surface area contributed by atoms with Crippen LogP contribution < -0.4 is 4.74 Å². The zero-order chi connectivity index (χ0) is 23.3. The Morgan fingerprint density at radius 1 is 1.09 bits per heavy atom. The molecule has 2 aromatic carbocycles. The molecule has 2 atom stereocenters. The van der Waals surface area contributed by atoms with Crippen molar-refractivity contribution in [2.45, 2.75) is 44.6 Å². The third-order valence-corrected chi connectivity index (χ3v) is 5.35. The minimum Gasteiger partial charge on any atom is -0.478 e. The summed E-state index contributed by atoms with van der Waals surface area (Å²) in [5.41, 5.74) is -0.229. The van der Waals surface area contributed by atoms with Crippen LogP contribution in [0.1, 0.15) is 30.9 Å². The largest absolute Gasteiger partial charge is 0.478 e. The van der Waals surface area contributed by atoms with Crippen LogP contribution in [0, 0.1) is 0 Å². The fourth-order valence-corrected chi connectivity index (χ4v) is 3.54. The van der Waals surface area contributed by atoms with Gasteiger partial charge in [-0.25, -0.2) is 4.79 Å². The quantitative estimate of drug-likeness (QED) is 0.541. The predicted octanol–water partition coefficient (Wildman–Crippen LogP) is 4.90. The molecule has 0 bridgehead atoms. The van der Waals surface area contributed by atoms with E-state index in [-0.39, 0.29) is 18.1 Å². The van der Waals surface area contributed by atoms with Gasteiger partial charge in [-0.05, 0) is 55.7 Å². The van der Waals surface area contributed by atoms with Crippen LogP contribution in [0.3, 0.4) is 0 Å². The molecule has 0 saturated carbocycles. The predicted molar refractivity (Wildman–Crippen MR) is 112 cm³/mol. The Labute approximate surface area is 189 Å². The number of carbonyl (C=O) groups is 2. The topological polar surface area (TPSA) is 55.8 Å². The first kappa shape index (κ1) is 23.9. The van der Waals surface area contributed by atoms with Crippen LogP contribution in [-0.4, -0.2) is 42.1 Å². The van der Waals surface area contributed by atoms with Gasteiger partial charge in [0.15, 0.2) is 12.2 Å². The first-order valence-electron chi connectivity index (χ1n) is 10.2. The van der Waals surface area contributed by atoms with Gasteiger partial charge in [0, 0.05) is 24.5 Å². The highest BCUT2D eigenvalue weighted by molar-refractivity contribution is 6.30. The highest BCUT2D eigenvalue weighted by atomic mass is 35.5. The number of amides is 1. The second-order valence-corrected chi connectivity index (χ2v) is 8.01. The zero-order valence-electron chi connectivity index (χ0n) is 17.4. The van der Waals surface area contributed by atoms with Gasteiger partial charge in [-0.15, -0.1) is 0 Å². The average molecular weight is 470 g/mol. The van der Waals surface area contributed by atoms with Crippen molar-refractivity contribution in [1.29, 1.82) is 0 Å². The van der Waals surface area contributed by atoms with Gasteiger partial charge in [-0.1, -0.05) is 29.8 Å². The Hall–Kier alpha value is -2.74. The first-order chi connectivity index (χ1) is 15.1. The Kier molecular flexibility index (Phi) is 7.66. The Morgan fingerprint density at radius 2 is 1.75 bits per heavy atom. The maximum atomic E-state index is 13.1. The number of carbonyl (C=O) groups excluding carboxylic acids is 2. The number of rotatable bonds is 7. The third-order valence-electron chi connectivity index (χ3n) is 5.10. The SMILES string of the molecule is C[C@H](OC(=O)[C@@H](Cc1ccc(Cl)cc1)Oc1cccc(C(F)(F)F)c1)C(=O)N1CCCC1. The lowest BCUT2D eigenvalue weighted by atomic mass is 10.1. The summed E-state index contributed by atoms with van der Waals surface area (Å²) in [6.07, 6.45) is -5.03. The maximum absolute atomic E-state index is 13.1. The fraction of sp³-hybridized carbons (Fsp3) is 0.391. The minimum absolute atomic E-state index is 0.0247. The van der Waals surface area contributed by atoms with E-state index >= 15 is 0 Å². The smallest absolute Gasteiger partial charge is 0.416 e. The van der Waals surface area contributed by atoms with Crippen molar-refractivity contribution in [3.63, 3.8) is 0 Å². The van der Waals surface area contributed by atoms with E-state index in [2.05, 4.69) is 0 Å². The van der Waals surface area contributed by atoms with E-state index in [0.29, 0.717) is 23.7 Å².